The molecule has 2 aromatic heterocycles. The van der Waals surface area contributed by atoms with Crippen LogP contribution in [0.15, 0.2) is 23.4 Å². The first-order chi connectivity index (χ1) is 11.9. The predicted molar refractivity (Wildman–Crippen MR) is 104 cm³/mol. The zero-order chi connectivity index (χ0) is 18.0. The van der Waals surface area contributed by atoms with Crippen molar-refractivity contribution < 1.29 is 4.79 Å². The lowest BCUT2D eigenvalue weighted by Crippen LogP contribution is -2.15. The third-order valence-electron chi connectivity index (χ3n) is 2.97. The van der Waals surface area contributed by atoms with Crippen molar-refractivity contribution in [1.29, 1.82) is 0 Å². The highest BCUT2D eigenvalue weighted by atomic mass is 35.5. The predicted octanol–water partition coefficient (Wildman–Crippen LogP) is 3.75. The second-order valence-corrected chi connectivity index (χ2v) is 8.32. The van der Waals surface area contributed by atoms with E-state index in [-0.39, 0.29) is 27.3 Å². The number of hydrogen-bond donors (Lipinski definition) is 2. The summed E-state index contributed by atoms with van der Waals surface area (Å²) in [6.07, 6.45) is 1.72. The molecule has 0 fully saturated rings. The van der Waals surface area contributed by atoms with E-state index in [1.165, 1.54) is 23.5 Å². The van der Waals surface area contributed by atoms with Gasteiger partial charge in [-0.05, 0) is 12.1 Å². The Morgan fingerprint density at radius 2 is 2.24 bits per heavy atom. The first-order valence-corrected chi connectivity index (χ1v) is 9.86. The lowest BCUT2D eigenvalue weighted by molar-refractivity contribution is -0.113. The fourth-order valence-electron chi connectivity index (χ4n) is 1.92. The first-order valence-electron chi connectivity index (χ1n) is 6.86. The van der Waals surface area contributed by atoms with Gasteiger partial charge in [0.1, 0.15) is 16.2 Å². The van der Waals surface area contributed by atoms with Gasteiger partial charge in [-0.25, -0.2) is 4.98 Å². The molecule has 7 nitrogen and oxygen atoms in total. The van der Waals surface area contributed by atoms with Crippen LogP contribution >= 0.6 is 58.3 Å². The lowest BCUT2D eigenvalue weighted by Gasteiger charge is -2.07. The van der Waals surface area contributed by atoms with Crippen LogP contribution in [0.4, 0.5) is 5.69 Å². The molecule has 3 rings (SSSR count). The van der Waals surface area contributed by atoms with Gasteiger partial charge in [-0.15, -0.1) is 0 Å². The Kier molecular flexibility index (Phi) is 6.00. The molecule has 1 atom stereocenters. The van der Waals surface area contributed by atoms with Crippen molar-refractivity contribution >= 4 is 74.3 Å². The number of carbonyl (C=O) groups excluding carboxylic acids is 1. The standard InChI is InChI=1S/C13H11Cl3N6OS2/c1-22-4-6(14)10(21-22)12-19-20-13(25-12)24-5-9(23)17-7-2-3-8(15)18-11(7)16/h2-4,12,19H,5H2,1H3,(H,17,23). The fourth-order valence-corrected chi connectivity index (χ4v) is 4.55. The average molecular weight is 438 g/mol. The maximum Gasteiger partial charge on any atom is 0.234 e. The molecule has 1 aliphatic heterocycles. The minimum atomic E-state index is -0.223. The molecule has 0 spiro atoms. The number of aryl methyl sites for hydroxylation is 1. The van der Waals surface area contributed by atoms with Gasteiger partial charge in [0.05, 0.1) is 16.5 Å². The van der Waals surface area contributed by atoms with E-state index in [1.54, 1.807) is 30.1 Å². The number of halogens is 3. The summed E-state index contributed by atoms with van der Waals surface area (Å²) in [4.78, 5) is 15.9. The van der Waals surface area contributed by atoms with Crippen molar-refractivity contribution in [2.45, 2.75) is 5.37 Å². The third kappa shape index (κ3) is 4.73. The zero-order valence-electron chi connectivity index (χ0n) is 12.7. The van der Waals surface area contributed by atoms with Gasteiger partial charge in [0, 0.05) is 13.2 Å². The van der Waals surface area contributed by atoms with E-state index >= 15 is 0 Å². The van der Waals surface area contributed by atoms with Gasteiger partial charge in [0.2, 0.25) is 5.91 Å². The van der Waals surface area contributed by atoms with Crippen molar-refractivity contribution in [3.8, 4) is 0 Å². The van der Waals surface area contributed by atoms with Crippen molar-refractivity contribution in [3.05, 3.63) is 39.4 Å². The Hall–Kier alpha value is -1.13. The molecule has 0 saturated heterocycles. The molecule has 3 heterocycles. The highest BCUT2D eigenvalue weighted by Gasteiger charge is 2.26. The number of thioether (sulfide) groups is 2. The molecule has 1 amide bonds. The summed E-state index contributed by atoms with van der Waals surface area (Å²) >= 11 is 20.5. The number of nitrogens with zero attached hydrogens (tertiary/aromatic N) is 4. The van der Waals surface area contributed by atoms with Gasteiger partial charge < -0.3 is 5.32 Å². The number of anilines is 1. The minimum absolute atomic E-state index is 0.143. The monoisotopic (exact) mass is 436 g/mol. The molecule has 0 aliphatic carbocycles. The van der Waals surface area contributed by atoms with Crippen molar-refractivity contribution in [3.63, 3.8) is 0 Å². The number of rotatable bonds is 4. The summed E-state index contributed by atoms with van der Waals surface area (Å²) in [5.41, 5.74) is 4.07. The van der Waals surface area contributed by atoms with Gasteiger partial charge in [-0.1, -0.05) is 58.3 Å². The highest BCUT2D eigenvalue weighted by molar-refractivity contribution is 8.39. The topological polar surface area (TPSA) is 84.2 Å². The molecule has 0 bridgehead atoms. The maximum atomic E-state index is 12.0. The maximum absolute atomic E-state index is 12.0. The van der Waals surface area contributed by atoms with E-state index in [1.807, 2.05) is 0 Å². The van der Waals surface area contributed by atoms with E-state index in [2.05, 4.69) is 25.9 Å². The van der Waals surface area contributed by atoms with Crippen LogP contribution in [0.5, 0.6) is 0 Å². The molecular weight excluding hydrogens is 427 g/mol. The Bertz CT molecular complexity index is 843. The molecule has 2 aromatic rings. The third-order valence-corrected chi connectivity index (χ3v) is 6.00. The molecule has 132 valence electrons. The molecule has 1 aliphatic rings. The summed E-state index contributed by atoms with van der Waals surface area (Å²) in [5.74, 6) is -0.0477. The van der Waals surface area contributed by atoms with E-state index in [9.17, 15) is 4.79 Å². The van der Waals surface area contributed by atoms with Crippen molar-refractivity contribution in [1.82, 2.24) is 20.2 Å². The van der Waals surface area contributed by atoms with Crippen LogP contribution in [0.1, 0.15) is 11.1 Å². The molecule has 0 saturated carbocycles. The molecule has 25 heavy (non-hydrogen) atoms. The van der Waals surface area contributed by atoms with Gasteiger partial charge in [-0.2, -0.15) is 10.2 Å². The molecule has 2 N–H and O–H groups in total. The highest BCUT2D eigenvalue weighted by Crippen LogP contribution is 2.37. The SMILES string of the molecule is Cn1cc(Cl)c(C2NN=C(SCC(=O)Nc3ccc(Cl)nc3Cl)S2)n1. The van der Waals surface area contributed by atoms with Crippen LogP contribution < -0.4 is 10.7 Å². The summed E-state index contributed by atoms with van der Waals surface area (Å²) < 4.78 is 2.37. The number of pyridine rings is 1. The summed E-state index contributed by atoms with van der Waals surface area (Å²) in [6.45, 7) is 0. The second kappa shape index (κ2) is 8.05. The van der Waals surface area contributed by atoms with E-state index in [0.29, 0.717) is 16.4 Å². The van der Waals surface area contributed by atoms with E-state index in [0.717, 1.165) is 4.38 Å². The number of amides is 1. The van der Waals surface area contributed by atoms with Crippen LogP contribution in [0.3, 0.4) is 0 Å². The molecule has 0 aromatic carbocycles. The van der Waals surface area contributed by atoms with Gasteiger partial charge >= 0.3 is 0 Å². The number of hydrazone groups is 1. The normalized spacial score (nSPS) is 16.5. The second-order valence-electron chi connectivity index (χ2n) is 4.85. The van der Waals surface area contributed by atoms with Crippen molar-refractivity contribution in [2.75, 3.05) is 11.1 Å². The molecule has 1 unspecified atom stereocenters. The van der Waals surface area contributed by atoms with Crippen LogP contribution in [-0.2, 0) is 11.8 Å². The summed E-state index contributed by atoms with van der Waals surface area (Å²) in [5, 5.41) is 12.0. The molecule has 12 heteroatoms. The van der Waals surface area contributed by atoms with E-state index < -0.39 is 0 Å². The summed E-state index contributed by atoms with van der Waals surface area (Å²) in [6, 6.07) is 3.15. The van der Waals surface area contributed by atoms with Crippen LogP contribution in [0.25, 0.3) is 0 Å². The lowest BCUT2D eigenvalue weighted by atomic mass is 10.4. The smallest absolute Gasteiger partial charge is 0.234 e. The number of hydrogen-bond acceptors (Lipinski definition) is 7. The number of aromatic nitrogens is 3. The summed E-state index contributed by atoms with van der Waals surface area (Å²) in [7, 11) is 1.80. The van der Waals surface area contributed by atoms with E-state index in [4.69, 9.17) is 34.8 Å². The zero-order valence-corrected chi connectivity index (χ0v) is 16.6. The van der Waals surface area contributed by atoms with Crippen LogP contribution in [-0.4, -0.2) is 30.8 Å². The molecule has 0 radical (unpaired) electrons. The Morgan fingerprint density at radius 1 is 1.44 bits per heavy atom. The fraction of sp³-hybridized carbons (Fsp3) is 0.231. The van der Waals surface area contributed by atoms with Crippen LogP contribution in [0, 0.1) is 0 Å². The Balaban J connectivity index is 1.50. The van der Waals surface area contributed by atoms with Gasteiger partial charge in [0.15, 0.2) is 9.53 Å². The minimum Gasteiger partial charge on any atom is -0.323 e. The Morgan fingerprint density at radius 3 is 2.92 bits per heavy atom. The average Bonchev–Trinajstić information content (AvgIpc) is 3.14. The number of carbonyl (C=O) groups is 1. The quantitative estimate of drug-likeness (QED) is 0.709. The van der Waals surface area contributed by atoms with Crippen LogP contribution in [0.2, 0.25) is 15.3 Å². The number of nitrogens with one attached hydrogen (secondary N) is 2. The first kappa shape index (κ1) is 18.7. The van der Waals surface area contributed by atoms with Crippen molar-refractivity contribution in [2.24, 2.45) is 12.1 Å². The van der Waals surface area contributed by atoms with Gasteiger partial charge in [0.25, 0.3) is 0 Å². The Labute approximate surface area is 166 Å². The molecular formula is C13H11Cl3N6OS2. The largest absolute Gasteiger partial charge is 0.323 e. The van der Waals surface area contributed by atoms with Gasteiger partial charge in [-0.3, -0.25) is 14.9 Å².